The number of fused-ring (bicyclic) bond motifs is 1. The minimum absolute atomic E-state index is 0.0110. The Bertz CT molecular complexity index is 836. The SMILES string of the molecule is CC(=O)SCC1CC(=O)N(c2ccc([N+](=O)[O-])c3ccccc23)C1. The van der Waals surface area contributed by atoms with Gasteiger partial charge in [0.2, 0.25) is 5.91 Å². The molecule has 6 nitrogen and oxygen atoms in total. The molecule has 7 heteroatoms. The lowest BCUT2D eigenvalue weighted by Crippen LogP contribution is -2.25. The van der Waals surface area contributed by atoms with Gasteiger partial charge < -0.3 is 4.90 Å². The lowest BCUT2D eigenvalue weighted by atomic mass is 10.1. The van der Waals surface area contributed by atoms with Gasteiger partial charge in [-0.3, -0.25) is 19.7 Å². The third-order valence-corrected chi connectivity index (χ3v) is 5.14. The van der Waals surface area contributed by atoms with Gasteiger partial charge >= 0.3 is 0 Å². The summed E-state index contributed by atoms with van der Waals surface area (Å²) in [4.78, 5) is 36.0. The van der Waals surface area contributed by atoms with Gasteiger partial charge in [0.15, 0.2) is 5.12 Å². The van der Waals surface area contributed by atoms with E-state index in [4.69, 9.17) is 0 Å². The summed E-state index contributed by atoms with van der Waals surface area (Å²) in [7, 11) is 0. The average Bonchev–Trinajstić information content (AvgIpc) is 2.92. The molecule has 1 fully saturated rings. The molecule has 1 saturated heterocycles. The van der Waals surface area contributed by atoms with Crippen LogP contribution in [-0.4, -0.2) is 28.2 Å². The molecule has 1 atom stereocenters. The summed E-state index contributed by atoms with van der Waals surface area (Å²) in [5, 5.41) is 12.5. The topological polar surface area (TPSA) is 80.5 Å². The number of non-ortho nitro benzene ring substituents is 1. The normalized spacial score (nSPS) is 17.5. The van der Waals surface area contributed by atoms with Crippen LogP contribution in [0, 0.1) is 16.0 Å². The highest BCUT2D eigenvalue weighted by Crippen LogP contribution is 2.36. The standard InChI is InChI=1S/C17H16N2O4S/c1-11(20)24-10-12-8-17(21)18(9-12)15-6-7-16(19(22)23)14-5-3-2-4-13(14)15/h2-7,12H,8-10H2,1H3. The number of anilines is 1. The molecule has 1 amide bonds. The van der Waals surface area contributed by atoms with Crippen LogP contribution in [0.15, 0.2) is 36.4 Å². The van der Waals surface area contributed by atoms with Crippen molar-refractivity contribution in [3.05, 3.63) is 46.5 Å². The zero-order chi connectivity index (χ0) is 17.3. The van der Waals surface area contributed by atoms with Crippen molar-refractivity contribution < 1.29 is 14.5 Å². The Morgan fingerprint density at radius 1 is 1.29 bits per heavy atom. The van der Waals surface area contributed by atoms with Crippen molar-refractivity contribution in [3.8, 4) is 0 Å². The van der Waals surface area contributed by atoms with Crippen LogP contribution in [0.2, 0.25) is 0 Å². The van der Waals surface area contributed by atoms with Crippen molar-refractivity contribution in [1.82, 2.24) is 0 Å². The van der Waals surface area contributed by atoms with E-state index >= 15 is 0 Å². The number of hydrogen-bond acceptors (Lipinski definition) is 5. The molecule has 124 valence electrons. The van der Waals surface area contributed by atoms with Crippen molar-refractivity contribution in [2.24, 2.45) is 5.92 Å². The number of nitrogens with zero attached hydrogens (tertiary/aromatic N) is 2. The molecule has 1 unspecified atom stereocenters. The lowest BCUT2D eigenvalue weighted by molar-refractivity contribution is -0.383. The highest BCUT2D eigenvalue weighted by molar-refractivity contribution is 8.13. The van der Waals surface area contributed by atoms with E-state index in [1.807, 2.05) is 0 Å². The molecule has 3 rings (SSSR count). The first kappa shape index (κ1) is 16.4. The molecule has 0 bridgehead atoms. The van der Waals surface area contributed by atoms with E-state index in [-0.39, 0.29) is 22.6 Å². The van der Waals surface area contributed by atoms with E-state index in [0.29, 0.717) is 35.2 Å². The molecule has 1 aliphatic heterocycles. The van der Waals surface area contributed by atoms with Gasteiger partial charge in [-0.05, 0) is 18.1 Å². The smallest absolute Gasteiger partial charge is 0.277 e. The summed E-state index contributed by atoms with van der Waals surface area (Å²) in [6.07, 6.45) is 0.394. The molecular weight excluding hydrogens is 328 g/mol. The van der Waals surface area contributed by atoms with Crippen molar-refractivity contribution >= 4 is 44.9 Å². The summed E-state index contributed by atoms with van der Waals surface area (Å²) >= 11 is 1.23. The van der Waals surface area contributed by atoms with Crippen LogP contribution in [0.25, 0.3) is 10.8 Å². The number of carbonyl (C=O) groups excluding carboxylic acids is 2. The first-order chi connectivity index (χ1) is 11.5. The second-order valence-electron chi connectivity index (χ2n) is 5.78. The van der Waals surface area contributed by atoms with Gasteiger partial charge in [0.1, 0.15) is 0 Å². The summed E-state index contributed by atoms with van der Waals surface area (Å²) in [5.41, 5.74) is 0.723. The number of nitro benzene ring substituents is 1. The number of thioether (sulfide) groups is 1. The van der Waals surface area contributed by atoms with Crippen molar-refractivity contribution in [1.29, 1.82) is 0 Å². The number of nitro groups is 1. The van der Waals surface area contributed by atoms with Crippen LogP contribution in [0.1, 0.15) is 13.3 Å². The Kier molecular flexibility index (Phi) is 4.53. The minimum Gasteiger partial charge on any atom is -0.311 e. The molecule has 24 heavy (non-hydrogen) atoms. The largest absolute Gasteiger partial charge is 0.311 e. The van der Waals surface area contributed by atoms with E-state index in [0.717, 1.165) is 0 Å². The second-order valence-corrected chi connectivity index (χ2v) is 6.98. The van der Waals surface area contributed by atoms with Crippen LogP contribution >= 0.6 is 11.8 Å². The molecule has 2 aromatic rings. The Labute approximate surface area is 143 Å². The molecular formula is C17H16N2O4S. The van der Waals surface area contributed by atoms with Crippen molar-refractivity contribution in [2.45, 2.75) is 13.3 Å². The summed E-state index contributed by atoms with van der Waals surface area (Å²) in [6, 6.07) is 10.1. The van der Waals surface area contributed by atoms with Crippen LogP contribution in [0.5, 0.6) is 0 Å². The van der Waals surface area contributed by atoms with Crippen LogP contribution in [0.4, 0.5) is 11.4 Å². The fourth-order valence-corrected chi connectivity index (χ4v) is 3.72. The number of rotatable bonds is 4. The monoisotopic (exact) mass is 344 g/mol. The Hall–Kier alpha value is -2.41. The highest BCUT2D eigenvalue weighted by Gasteiger charge is 2.32. The first-order valence-corrected chi connectivity index (χ1v) is 8.56. The maximum absolute atomic E-state index is 12.4. The lowest BCUT2D eigenvalue weighted by Gasteiger charge is -2.19. The van der Waals surface area contributed by atoms with E-state index in [9.17, 15) is 19.7 Å². The molecule has 1 aliphatic rings. The van der Waals surface area contributed by atoms with Gasteiger partial charge in [-0.1, -0.05) is 30.0 Å². The summed E-state index contributed by atoms with van der Waals surface area (Å²) < 4.78 is 0. The average molecular weight is 344 g/mol. The Morgan fingerprint density at radius 3 is 2.67 bits per heavy atom. The maximum Gasteiger partial charge on any atom is 0.277 e. The van der Waals surface area contributed by atoms with Crippen LogP contribution in [-0.2, 0) is 9.59 Å². The van der Waals surface area contributed by atoms with E-state index in [1.165, 1.54) is 24.8 Å². The van der Waals surface area contributed by atoms with Gasteiger partial charge in [-0.2, -0.15) is 0 Å². The van der Waals surface area contributed by atoms with Gasteiger partial charge in [-0.15, -0.1) is 0 Å². The fourth-order valence-electron chi connectivity index (χ4n) is 3.02. The van der Waals surface area contributed by atoms with E-state index < -0.39 is 4.92 Å². The molecule has 0 saturated carbocycles. The minimum atomic E-state index is -0.412. The van der Waals surface area contributed by atoms with Gasteiger partial charge in [0, 0.05) is 37.1 Å². The summed E-state index contributed by atoms with van der Waals surface area (Å²) in [6.45, 7) is 2.05. The van der Waals surface area contributed by atoms with Gasteiger partial charge in [-0.25, -0.2) is 0 Å². The van der Waals surface area contributed by atoms with Crippen LogP contribution in [0.3, 0.4) is 0 Å². The second kappa shape index (κ2) is 6.60. The number of amides is 1. The third kappa shape index (κ3) is 3.12. The molecule has 1 heterocycles. The number of benzene rings is 2. The predicted octanol–water partition coefficient (Wildman–Crippen LogP) is 3.38. The first-order valence-electron chi connectivity index (χ1n) is 7.57. The van der Waals surface area contributed by atoms with E-state index in [2.05, 4.69) is 0 Å². The molecule has 0 N–H and O–H groups in total. The molecule has 0 aliphatic carbocycles. The zero-order valence-corrected chi connectivity index (χ0v) is 13.9. The van der Waals surface area contributed by atoms with Crippen LogP contribution < -0.4 is 4.90 Å². The summed E-state index contributed by atoms with van der Waals surface area (Å²) in [5.74, 6) is 0.714. The van der Waals surface area contributed by atoms with Gasteiger partial charge in [0.25, 0.3) is 5.69 Å². The molecule has 0 radical (unpaired) electrons. The number of hydrogen-bond donors (Lipinski definition) is 0. The maximum atomic E-state index is 12.4. The van der Waals surface area contributed by atoms with Crippen molar-refractivity contribution in [2.75, 3.05) is 17.2 Å². The fraction of sp³-hybridized carbons (Fsp3) is 0.294. The zero-order valence-electron chi connectivity index (χ0n) is 13.1. The molecule has 2 aromatic carbocycles. The Morgan fingerprint density at radius 2 is 2.00 bits per heavy atom. The molecule has 0 spiro atoms. The van der Waals surface area contributed by atoms with Gasteiger partial charge in [0.05, 0.1) is 16.0 Å². The highest BCUT2D eigenvalue weighted by atomic mass is 32.2. The Balaban J connectivity index is 1.95. The quantitative estimate of drug-likeness (QED) is 0.627. The third-order valence-electron chi connectivity index (χ3n) is 4.09. The molecule has 0 aromatic heterocycles. The predicted molar refractivity (Wildman–Crippen MR) is 94.2 cm³/mol. The van der Waals surface area contributed by atoms with Crippen molar-refractivity contribution in [3.63, 3.8) is 0 Å². The number of carbonyl (C=O) groups is 2. The van der Waals surface area contributed by atoms with E-state index in [1.54, 1.807) is 35.2 Å².